The zero-order valence-corrected chi connectivity index (χ0v) is 42.0. The summed E-state index contributed by atoms with van der Waals surface area (Å²) in [6.07, 6.45) is 0. The van der Waals surface area contributed by atoms with Crippen LogP contribution in [-0.4, -0.2) is 30.4 Å². The van der Waals surface area contributed by atoms with Crippen LogP contribution in [0.15, 0.2) is 84.9 Å². The molecule has 0 aromatic heterocycles. The molecule has 268 valence electrons. The third-order valence-corrected chi connectivity index (χ3v) is 8.31. The Hall–Kier alpha value is 0.283. The van der Waals surface area contributed by atoms with Gasteiger partial charge in [-0.1, -0.05) is 104 Å². The number of hydrogen-bond acceptors (Lipinski definition) is 7. The standard InChI is InChI=1S/C15H11FINO.C9H7BrFIO2.C7H9N.2C2H6.CH2O3.2K.H/c16-12-6-11-9-18(8-10-4-2-1-3-5-10)15(19)14(11)13(17)7-12;1-14-9(13)8-5(4-10)2-6(11)3-7(8)12;8-6-7-4-2-1-3-5-7;2*1-2;2-1-4-3;;;/h1-7H,8-9H2;2-3H,4H2,1H3;1-5H,6,8H2;2*1-2H3;1,3H;;;/q;;;;;;2*+1;-1/p-1. The number of nitrogens with zero attached hydrogens (tertiary/aromatic N) is 1. The number of nitrogens with two attached hydrogens (primary N) is 1. The van der Waals surface area contributed by atoms with E-state index in [1.54, 1.807) is 4.90 Å². The molecule has 4 aromatic carbocycles. The number of carbonyl (C=O) groups excluding carboxylic acids is 3. The van der Waals surface area contributed by atoms with Crippen molar-refractivity contribution in [2.45, 2.75) is 52.7 Å². The number of fused-ring (bicyclic) bond motifs is 1. The smallest absolute Gasteiger partial charge is 1.00 e. The van der Waals surface area contributed by atoms with E-state index < -0.39 is 5.97 Å². The number of halogens is 5. The molecule has 0 radical (unpaired) electrons. The van der Waals surface area contributed by atoms with E-state index in [0.29, 0.717) is 48.8 Å². The van der Waals surface area contributed by atoms with Crippen molar-refractivity contribution in [3.63, 3.8) is 0 Å². The number of carbonyl (C=O) groups is 3. The second kappa shape index (κ2) is 33.6. The number of amides is 1. The van der Waals surface area contributed by atoms with Gasteiger partial charge in [-0.25, -0.2) is 13.6 Å². The summed E-state index contributed by atoms with van der Waals surface area (Å²) in [7, 11) is 1.31. The molecule has 1 amide bonds. The van der Waals surface area contributed by atoms with Gasteiger partial charge in [-0.05, 0) is 91.7 Å². The van der Waals surface area contributed by atoms with Crippen molar-refractivity contribution in [2.24, 2.45) is 5.73 Å². The Labute approximate surface area is 422 Å². The van der Waals surface area contributed by atoms with E-state index in [1.807, 2.05) is 134 Å². The summed E-state index contributed by atoms with van der Waals surface area (Å²) in [6.45, 7) is 9.50. The third-order valence-electron chi connectivity index (χ3n) is 6.00. The monoisotopic (exact) mass is 1050 g/mol. The fourth-order valence-electron chi connectivity index (χ4n) is 4.04. The Kier molecular flexibility index (Phi) is 36.7. The molecule has 51 heavy (non-hydrogen) atoms. The van der Waals surface area contributed by atoms with Crippen molar-refractivity contribution in [1.82, 2.24) is 4.90 Å². The van der Waals surface area contributed by atoms with Gasteiger partial charge >= 0.3 is 109 Å². The van der Waals surface area contributed by atoms with Gasteiger partial charge in [-0.15, -0.1) is 0 Å². The summed E-state index contributed by atoms with van der Waals surface area (Å²) in [4.78, 5) is 36.7. The topological polar surface area (TPSA) is 122 Å². The maximum atomic E-state index is 13.4. The average molecular weight is 1050 g/mol. The van der Waals surface area contributed by atoms with E-state index in [9.17, 15) is 18.4 Å². The fraction of sp³-hybridized carbons (Fsp3) is 0.250. The second-order valence-electron chi connectivity index (χ2n) is 9.00. The molecule has 0 saturated heterocycles. The van der Waals surface area contributed by atoms with Crippen LogP contribution in [0.25, 0.3) is 0 Å². The van der Waals surface area contributed by atoms with Gasteiger partial charge in [0.25, 0.3) is 12.4 Å². The number of ether oxygens (including phenoxy) is 1. The molecule has 15 heteroatoms. The minimum atomic E-state index is -0.441. The Balaban J connectivity index is -0.000000309. The normalized spacial score (nSPS) is 9.96. The molecule has 1 heterocycles. The molecular weight excluding hydrogens is 1010 g/mol. The first-order valence-corrected chi connectivity index (χ1v) is 18.3. The third kappa shape index (κ3) is 20.7. The first-order chi connectivity index (χ1) is 23.6. The van der Waals surface area contributed by atoms with Gasteiger partial charge in [0.1, 0.15) is 11.6 Å². The van der Waals surface area contributed by atoms with Crippen LogP contribution in [-0.2, 0) is 39.4 Å². The predicted octanol–water partition coefficient (Wildman–Crippen LogP) is 2.45. The molecule has 1 aliphatic rings. The number of esters is 1. The second-order valence-corrected chi connectivity index (χ2v) is 11.9. The number of hydrogen-bond donors (Lipinski definition) is 1. The molecule has 0 fully saturated rings. The van der Waals surface area contributed by atoms with E-state index in [2.05, 4.69) is 25.6 Å². The van der Waals surface area contributed by atoms with E-state index in [-0.39, 0.29) is 128 Å². The number of methoxy groups -OCH3 is 1. The Morgan fingerprint density at radius 2 is 1.39 bits per heavy atom. The molecule has 0 spiro atoms. The summed E-state index contributed by atoms with van der Waals surface area (Å²) in [5, 5.41) is 8.85. The first-order valence-electron chi connectivity index (χ1n) is 15.0. The van der Waals surface area contributed by atoms with Crippen molar-refractivity contribution >= 4 is 79.5 Å². The van der Waals surface area contributed by atoms with Crippen LogP contribution in [0.5, 0.6) is 0 Å². The van der Waals surface area contributed by atoms with Crippen LogP contribution in [0.4, 0.5) is 8.78 Å². The van der Waals surface area contributed by atoms with Gasteiger partial charge in [0.2, 0.25) is 0 Å². The summed E-state index contributed by atoms with van der Waals surface area (Å²) < 4.78 is 32.2. The molecule has 2 N–H and O–H groups in total. The summed E-state index contributed by atoms with van der Waals surface area (Å²) in [5.41, 5.74) is 10.1. The van der Waals surface area contributed by atoms with Gasteiger partial charge in [0, 0.05) is 32.1 Å². The Morgan fingerprint density at radius 1 is 0.922 bits per heavy atom. The van der Waals surface area contributed by atoms with Crippen LogP contribution in [0.3, 0.4) is 0 Å². The largest absolute Gasteiger partial charge is 1.00 e. The van der Waals surface area contributed by atoms with Gasteiger partial charge < -0.3 is 26.9 Å². The molecule has 0 atom stereocenters. The van der Waals surface area contributed by atoms with Gasteiger partial charge in [0.15, 0.2) is 0 Å². The predicted molar refractivity (Wildman–Crippen MR) is 208 cm³/mol. The minimum Gasteiger partial charge on any atom is -1.00 e. The maximum Gasteiger partial charge on any atom is 1.00 e. The number of alkyl halides is 1. The molecule has 4 aromatic rings. The van der Waals surface area contributed by atoms with Gasteiger partial charge in [-0.3, -0.25) is 9.59 Å². The SMILES string of the molecule is CC.CC.COC(=O)c1c(I)cc(F)cc1CBr.NCc1ccccc1.O=C1c2c(I)cc(F)cc2CN1Cc1ccccc1.O=CO[O-].[H-].[K+].[K+]. The first kappa shape index (κ1) is 55.6. The van der Waals surface area contributed by atoms with Gasteiger partial charge in [0.05, 0.1) is 18.2 Å². The molecular formula is C36H41BrF2I2K2N2O6. The van der Waals surface area contributed by atoms with Crippen LogP contribution in [0.1, 0.15) is 72.1 Å². The molecule has 0 unspecified atom stereocenters. The van der Waals surface area contributed by atoms with Crippen molar-refractivity contribution in [3.05, 3.63) is 137 Å². The molecule has 1 aliphatic heterocycles. The van der Waals surface area contributed by atoms with Crippen LogP contribution in [0.2, 0.25) is 0 Å². The molecule has 5 rings (SSSR count). The van der Waals surface area contributed by atoms with Crippen molar-refractivity contribution in [1.29, 1.82) is 0 Å². The summed E-state index contributed by atoms with van der Waals surface area (Å²) in [6, 6.07) is 25.3. The van der Waals surface area contributed by atoms with Crippen LogP contribution >= 0.6 is 61.1 Å². The fourth-order valence-corrected chi connectivity index (χ4v) is 6.22. The van der Waals surface area contributed by atoms with Gasteiger partial charge in [-0.2, -0.15) is 0 Å². The van der Waals surface area contributed by atoms with Crippen molar-refractivity contribution in [2.75, 3.05) is 7.11 Å². The zero-order chi connectivity index (χ0) is 37.4. The van der Waals surface area contributed by atoms with Crippen LogP contribution < -0.4 is 114 Å². The Bertz CT molecular complexity index is 1590. The molecule has 8 nitrogen and oxygen atoms in total. The summed E-state index contributed by atoms with van der Waals surface area (Å²) in [5.74, 6) is -1.08. The molecule has 0 saturated carbocycles. The molecule has 0 aliphatic carbocycles. The van der Waals surface area contributed by atoms with E-state index >= 15 is 0 Å². The average Bonchev–Trinajstić information content (AvgIpc) is 3.44. The number of benzene rings is 4. The quantitative estimate of drug-likeness (QED) is 0.0600. The summed E-state index contributed by atoms with van der Waals surface area (Å²) >= 11 is 7.13. The minimum absolute atomic E-state index is 0. The van der Waals surface area contributed by atoms with Crippen LogP contribution in [0, 0.1) is 18.8 Å². The molecule has 0 bridgehead atoms. The maximum absolute atomic E-state index is 13.4. The zero-order valence-electron chi connectivity index (χ0n) is 30.9. The van der Waals surface area contributed by atoms with E-state index in [1.165, 1.54) is 36.9 Å². The van der Waals surface area contributed by atoms with Crippen molar-refractivity contribution in [3.8, 4) is 0 Å². The number of rotatable bonds is 6. The van der Waals surface area contributed by atoms with Crippen molar-refractivity contribution < 1.29 is 142 Å². The Morgan fingerprint density at radius 3 is 1.82 bits per heavy atom. The van der Waals surface area contributed by atoms with E-state index in [4.69, 9.17) is 15.8 Å². The van der Waals surface area contributed by atoms with E-state index in [0.717, 1.165) is 11.1 Å².